The molecule has 3 aliphatic rings. The lowest BCUT2D eigenvalue weighted by atomic mass is 9.70. The number of aryl methyl sites for hydroxylation is 1. The van der Waals surface area contributed by atoms with Crippen molar-refractivity contribution in [3.63, 3.8) is 0 Å². The van der Waals surface area contributed by atoms with E-state index in [9.17, 15) is 22.8 Å². The Labute approximate surface area is 296 Å². The highest BCUT2D eigenvalue weighted by Crippen LogP contribution is 2.51. The first-order valence-corrected chi connectivity index (χ1v) is 17.9. The van der Waals surface area contributed by atoms with Crippen molar-refractivity contribution in [3.8, 4) is 11.5 Å². The largest absolute Gasteiger partial charge is 0.497 e. The summed E-state index contributed by atoms with van der Waals surface area (Å²) in [5.41, 5.74) is -1.82. The van der Waals surface area contributed by atoms with E-state index in [1.807, 2.05) is 6.92 Å². The molecule has 2 bridgehead atoms. The Morgan fingerprint density at radius 3 is 2.26 bits per heavy atom. The molecule has 13 heteroatoms. The standard InChI is InChI=1S/C26H26F3N3O5S.C11H24O/c1-14-30-17-6-7-19(36-3)20(21(17)38-14)23(34)31-18-12-15(35-2)4-5-16(18)22(33)32-24-8-10-25(11-9-24,37-13-24)26(27,28)29;1-6-10(3)11(4)7-9(2)8-12-5/h4-7,12H,8-11,13H2,1-3H3,(H,31,34)(H,32,33);9-11H,6-8H2,1-5H3. The topological polar surface area (TPSA) is 108 Å². The Kier molecular flexibility index (Phi) is 12.8. The van der Waals surface area contributed by atoms with E-state index in [2.05, 4.69) is 43.3 Å². The Balaban J connectivity index is 0.000000402. The van der Waals surface area contributed by atoms with Crippen LogP contribution in [0.3, 0.4) is 0 Å². The minimum absolute atomic E-state index is 0.137. The van der Waals surface area contributed by atoms with E-state index in [0.29, 0.717) is 27.6 Å². The van der Waals surface area contributed by atoms with Gasteiger partial charge in [0.1, 0.15) is 17.1 Å². The maximum Gasteiger partial charge on any atom is 0.417 e. The molecule has 2 N–H and O–H groups in total. The van der Waals surface area contributed by atoms with Gasteiger partial charge in [-0.15, -0.1) is 11.3 Å². The number of benzene rings is 2. The molecule has 3 fully saturated rings. The SMILES string of the molecule is CCC(C)C(C)CC(C)COC.COc1ccc(C(=O)NC23CCC(C(F)(F)F)(CC2)OC3)c(NC(=O)c2c(OC)ccc3nc(C)sc23)c1. The van der Waals surface area contributed by atoms with Crippen LogP contribution in [0.5, 0.6) is 11.5 Å². The lowest BCUT2D eigenvalue weighted by Crippen LogP contribution is -2.66. The number of alkyl halides is 3. The van der Waals surface area contributed by atoms with Gasteiger partial charge in [0, 0.05) is 19.8 Å². The summed E-state index contributed by atoms with van der Waals surface area (Å²) >= 11 is 1.35. The van der Waals surface area contributed by atoms with E-state index in [-0.39, 0.29) is 49.1 Å². The molecule has 0 spiro atoms. The highest BCUT2D eigenvalue weighted by molar-refractivity contribution is 7.19. The van der Waals surface area contributed by atoms with Crippen LogP contribution in [0.15, 0.2) is 30.3 Å². The van der Waals surface area contributed by atoms with Gasteiger partial charge >= 0.3 is 6.18 Å². The van der Waals surface area contributed by atoms with Gasteiger partial charge in [0.25, 0.3) is 11.8 Å². The van der Waals surface area contributed by atoms with Crippen LogP contribution in [0.1, 0.15) is 91.9 Å². The summed E-state index contributed by atoms with van der Waals surface area (Å²) in [6.07, 6.45) is -2.04. The number of anilines is 1. The monoisotopic (exact) mass is 721 g/mol. The van der Waals surface area contributed by atoms with Crippen LogP contribution >= 0.6 is 11.3 Å². The molecule has 0 radical (unpaired) electrons. The molecule has 50 heavy (non-hydrogen) atoms. The molecule has 3 atom stereocenters. The number of halogens is 3. The molecule has 6 rings (SSSR count). The zero-order valence-electron chi connectivity index (χ0n) is 30.2. The van der Waals surface area contributed by atoms with Crippen LogP contribution in [0.2, 0.25) is 0 Å². The van der Waals surface area contributed by atoms with E-state index in [1.54, 1.807) is 25.3 Å². The molecule has 2 aromatic carbocycles. The third kappa shape index (κ3) is 8.71. The van der Waals surface area contributed by atoms with E-state index >= 15 is 0 Å². The van der Waals surface area contributed by atoms with Crippen molar-refractivity contribution in [2.24, 2.45) is 17.8 Å². The van der Waals surface area contributed by atoms with Gasteiger partial charge in [0.15, 0.2) is 5.60 Å². The highest BCUT2D eigenvalue weighted by Gasteiger charge is 2.63. The number of rotatable bonds is 12. The summed E-state index contributed by atoms with van der Waals surface area (Å²) in [6.45, 7) is 11.7. The first kappa shape index (κ1) is 39.4. The number of aromatic nitrogens is 1. The number of carbonyl (C=O) groups is 2. The summed E-state index contributed by atoms with van der Waals surface area (Å²) in [4.78, 5) is 31.4. The van der Waals surface area contributed by atoms with Crippen molar-refractivity contribution in [2.45, 2.75) is 90.5 Å². The number of ether oxygens (including phenoxy) is 4. The molecule has 2 amide bonds. The number of hydrogen-bond acceptors (Lipinski definition) is 8. The average Bonchev–Trinajstić information content (AvgIpc) is 3.47. The van der Waals surface area contributed by atoms with Crippen LogP contribution in [0.25, 0.3) is 10.2 Å². The fraction of sp³-hybridized carbons (Fsp3) is 0.595. The third-order valence-corrected chi connectivity index (χ3v) is 11.2. The molecule has 2 aliphatic heterocycles. The molecular weight excluding hydrogens is 671 g/mol. The summed E-state index contributed by atoms with van der Waals surface area (Å²) < 4.78 is 62.4. The molecular formula is C37H50F3N3O6S. The Morgan fingerprint density at radius 2 is 1.70 bits per heavy atom. The van der Waals surface area contributed by atoms with Gasteiger partial charge < -0.3 is 29.6 Å². The number of nitrogens with zero attached hydrogens (tertiary/aromatic N) is 1. The van der Waals surface area contributed by atoms with Gasteiger partial charge in [-0.3, -0.25) is 9.59 Å². The highest BCUT2D eigenvalue weighted by atomic mass is 32.1. The fourth-order valence-electron chi connectivity index (χ4n) is 6.76. The normalized spacial score (nSPS) is 21.8. The molecule has 3 unspecified atom stereocenters. The second kappa shape index (κ2) is 16.3. The van der Waals surface area contributed by atoms with Crippen molar-refractivity contribution < 1.29 is 41.7 Å². The van der Waals surface area contributed by atoms with Crippen molar-refractivity contribution in [1.82, 2.24) is 10.3 Å². The van der Waals surface area contributed by atoms with Crippen molar-refractivity contribution in [3.05, 3.63) is 46.5 Å². The molecule has 3 heterocycles. The van der Waals surface area contributed by atoms with Gasteiger partial charge in [0.2, 0.25) is 0 Å². The van der Waals surface area contributed by atoms with Crippen LogP contribution in [-0.2, 0) is 9.47 Å². The lowest BCUT2D eigenvalue weighted by Gasteiger charge is -2.53. The van der Waals surface area contributed by atoms with E-state index in [4.69, 9.17) is 18.9 Å². The molecule has 2 saturated heterocycles. The number of carbonyl (C=O) groups excluding carboxylic acids is 2. The summed E-state index contributed by atoms with van der Waals surface area (Å²) in [6, 6.07) is 8.01. The smallest absolute Gasteiger partial charge is 0.417 e. The van der Waals surface area contributed by atoms with Crippen LogP contribution in [0.4, 0.5) is 18.9 Å². The Hall–Kier alpha value is -3.42. The molecule has 9 nitrogen and oxygen atoms in total. The minimum Gasteiger partial charge on any atom is -0.497 e. The summed E-state index contributed by atoms with van der Waals surface area (Å²) in [7, 11) is 4.70. The van der Waals surface area contributed by atoms with Crippen molar-refractivity contribution >= 4 is 39.1 Å². The quantitative estimate of drug-likeness (QED) is 0.193. The number of nitrogens with one attached hydrogen (secondary N) is 2. The number of thiazole rings is 1. The van der Waals surface area contributed by atoms with Crippen LogP contribution in [-0.4, -0.2) is 68.7 Å². The maximum atomic E-state index is 13.5. The molecule has 276 valence electrons. The first-order valence-electron chi connectivity index (χ1n) is 17.1. The molecule has 1 saturated carbocycles. The average molecular weight is 722 g/mol. The van der Waals surface area contributed by atoms with Gasteiger partial charge in [-0.25, -0.2) is 4.98 Å². The van der Waals surface area contributed by atoms with Gasteiger partial charge in [-0.1, -0.05) is 34.1 Å². The first-order chi connectivity index (χ1) is 23.6. The predicted molar refractivity (Wildman–Crippen MR) is 190 cm³/mol. The van der Waals surface area contributed by atoms with Gasteiger partial charge in [-0.05, 0) is 81.0 Å². The number of fused-ring (bicyclic) bond motifs is 4. The van der Waals surface area contributed by atoms with E-state index in [1.165, 1.54) is 50.5 Å². The van der Waals surface area contributed by atoms with Crippen molar-refractivity contribution in [1.29, 1.82) is 0 Å². The zero-order chi connectivity index (χ0) is 36.9. The fourth-order valence-corrected chi connectivity index (χ4v) is 7.71. The second-order valence-corrected chi connectivity index (χ2v) is 15.0. The molecule has 1 aliphatic carbocycles. The maximum absolute atomic E-state index is 13.5. The number of methoxy groups -OCH3 is 3. The van der Waals surface area contributed by atoms with Crippen molar-refractivity contribution in [2.75, 3.05) is 39.9 Å². The van der Waals surface area contributed by atoms with Crippen LogP contribution < -0.4 is 20.1 Å². The minimum atomic E-state index is -4.46. The second-order valence-electron chi connectivity index (χ2n) is 13.8. The Bertz CT molecular complexity index is 1620. The van der Waals surface area contributed by atoms with Gasteiger partial charge in [-0.2, -0.15) is 13.2 Å². The van der Waals surface area contributed by atoms with Crippen LogP contribution in [0, 0.1) is 24.7 Å². The molecule has 1 aromatic heterocycles. The third-order valence-electron chi connectivity index (χ3n) is 10.2. The summed E-state index contributed by atoms with van der Waals surface area (Å²) in [5, 5.41) is 6.47. The number of hydrogen-bond donors (Lipinski definition) is 2. The number of amides is 2. The predicted octanol–water partition coefficient (Wildman–Crippen LogP) is 8.59. The van der Waals surface area contributed by atoms with Gasteiger partial charge in [0.05, 0.1) is 52.8 Å². The van der Waals surface area contributed by atoms with E-state index < -0.39 is 29.1 Å². The lowest BCUT2D eigenvalue weighted by molar-refractivity contribution is -0.317. The summed E-state index contributed by atoms with van der Waals surface area (Å²) in [5.74, 6) is 2.10. The Morgan fingerprint density at radius 1 is 1.00 bits per heavy atom. The zero-order valence-corrected chi connectivity index (χ0v) is 31.0. The molecule has 3 aromatic rings. The van der Waals surface area contributed by atoms with E-state index in [0.717, 1.165) is 23.5 Å².